The minimum absolute atomic E-state index is 0.208. The quantitative estimate of drug-likeness (QED) is 0.297. The molecule has 1 aromatic rings. The Kier molecular flexibility index (Phi) is 10.4. The molecule has 0 aliphatic rings. The summed E-state index contributed by atoms with van der Waals surface area (Å²) in [6, 6.07) is 8.41. The van der Waals surface area contributed by atoms with Crippen molar-refractivity contribution in [3.05, 3.63) is 22.6 Å². The normalized spacial score (nSPS) is 10.9. The first-order valence-electron chi connectivity index (χ1n) is 9.28. The molecule has 4 heteroatoms. The van der Waals surface area contributed by atoms with Crippen molar-refractivity contribution in [2.45, 2.75) is 72.6 Å². The van der Waals surface area contributed by atoms with Crippen LogP contribution in [0.2, 0.25) is 13.3 Å². The molecule has 2 nitrogen and oxygen atoms in total. The summed E-state index contributed by atoms with van der Waals surface area (Å²) < 4.78 is 6.02. The van der Waals surface area contributed by atoms with E-state index in [1.54, 1.807) is 8.97 Å². The predicted octanol–water partition coefficient (Wildman–Crippen LogP) is 6.23. The van der Waals surface area contributed by atoms with Crippen LogP contribution in [0, 0.1) is 22.7 Å². The fourth-order valence-corrected chi connectivity index (χ4v) is 23.4. The van der Waals surface area contributed by atoms with Crippen LogP contribution < -0.4 is 2.89 Å². The summed E-state index contributed by atoms with van der Waals surface area (Å²) in [6.07, 6.45) is 9.66. The first kappa shape index (κ1) is 21.3. The summed E-state index contributed by atoms with van der Waals surface area (Å²) in [7, 11) is 0. The monoisotopic (exact) mass is 450 g/mol. The van der Waals surface area contributed by atoms with Crippen molar-refractivity contribution in [2.24, 2.45) is 0 Å². The summed E-state index contributed by atoms with van der Waals surface area (Å²) in [4.78, 5) is 1.08. The van der Waals surface area contributed by atoms with Gasteiger partial charge in [0.1, 0.15) is 0 Å². The van der Waals surface area contributed by atoms with E-state index in [2.05, 4.69) is 32.9 Å². The molecule has 24 heavy (non-hydrogen) atoms. The van der Waals surface area contributed by atoms with E-state index in [1.807, 2.05) is 23.5 Å². The van der Waals surface area contributed by atoms with Gasteiger partial charge in [0, 0.05) is 0 Å². The van der Waals surface area contributed by atoms with Crippen LogP contribution in [-0.4, -0.2) is 18.4 Å². The first-order chi connectivity index (χ1) is 11.7. The van der Waals surface area contributed by atoms with Crippen molar-refractivity contribution >= 4 is 38.7 Å². The molecule has 0 aliphatic carbocycles. The van der Waals surface area contributed by atoms with E-state index in [4.69, 9.17) is 10.5 Å². The second-order valence-electron chi connectivity index (χ2n) is 6.57. The predicted molar refractivity (Wildman–Crippen MR) is 108 cm³/mol. The number of hydrogen-bond donors (Lipinski definition) is 0. The molecular weight excluding hydrogens is 419 g/mol. The third kappa shape index (κ3) is 6.26. The van der Waals surface area contributed by atoms with E-state index in [1.165, 1.54) is 51.8 Å². The van der Waals surface area contributed by atoms with Gasteiger partial charge in [-0.3, -0.25) is 0 Å². The van der Waals surface area contributed by atoms with Gasteiger partial charge < -0.3 is 0 Å². The number of unbranched alkanes of at least 4 members (excludes halogenated alkanes) is 3. The summed E-state index contributed by atoms with van der Waals surface area (Å²) in [5.74, 6) is 0. The van der Waals surface area contributed by atoms with E-state index >= 15 is 0 Å². The maximum absolute atomic E-state index is 8.98. The Hall–Kier alpha value is -0.781. The molecule has 0 N–H and O–H groups in total. The zero-order valence-electron chi connectivity index (χ0n) is 15.4. The molecule has 1 heterocycles. The molecule has 0 amide bonds. The Bertz CT molecular complexity index is 566. The van der Waals surface area contributed by atoms with E-state index in [0.29, 0.717) is 0 Å². The third-order valence-electron chi connectivity index (χ3n) is 4.70. The van der Waals surface area contributed by atoms with Gasteiger partial charge in [-0.25, -0.2) is 0 Å². The first-order valence-corrected chi connectivity index (χ1v) is 17.6. The van der Waals surface area contributed by atoms with Crippen molar-refractivity contribution in [3.8, 4) is 12.1 Å². The van der Waals surface area contributed by atoms with Gasteiger partial charge in [-0.1, -0.05) is 0 Å². The van der Waals surface area contributed by atoms with Crippen molar-refractivity contribution in [1.29, 1.82) is 10.5 Å². The van der Waals surface area contributed by atoms with Crippen molar-refractivity contribution in [2.75, 3.05) is 0 Å². The second-order valence-corrected chi connectivity index (χ2v) is 21.9. The Morgan fingerprint density at radius 1 is 0.958 bits per heavy atom. The van der Waals surface area contributed by atoms with Crippen LogP contribution >= 0.6 is 11.3 Å². The number of thiophene rings is 1. The van der Waals surface area contributed by atoms with Crippen molar-refractivity contribution in [3.63, 3.8) is 0 Å². The van der Waals surface area contributed by atoms with E-state index < -0.39 is 18.4 Å². The van der Waals surface area contributed by atoms with E-state index in [-0.39, 0.29) is 5.57 Å². The SMILES string of the molecule is CCC[CH2][Sn]([CH2]CCC)([CH2]CCC)[c]1ccc(C=C(C#N)C#N)s1. The zero-order chi connectivity index (χ0) is 17.8. The van der Waals surface area contributed by atoms with Gasteiger partial charge in [0.05, 0.1) is 0 Å². The van der Waals surface area contributed by atoms with Crippen LogP contribution in [-0.2, 0) is 0 Å². The molecule has 0 bridgehead atoms. The number of hydrogen-bond acceptors (Lipinski definition) is 3. The Labute approximate surface area is 156 Å². The molecule has 0 saturated heterocycles. The summed E-state index contributed by atoms with van der Waals surface area (Å²) >= 11 is -0.486. The molecule has 0 fully saturated rings. The molecule has 130 valence electrons. The van der Waals surface area contributed by atoms with Gasteiger partial charge >= 0.3 is 157 Å². The Morgan fingerprint density at radius 3 is 1.88 bits per heavy atom. The third-order valence-corrected chi connectivity index (χ3v) is 24.0. The van der Waals surface area contributed by atoms with Gasteiger partial charge in [0.2, 0.25) is 0 Å². The topological polar surface area (TPSA) is 47.6 Å². The standard InChI is InChI=1S/C8H3N2S.3C4H9.Sn/c9-5-7(6-10)4-8-2-1-3-11-8;3*1-3-4-2;/h1-2,4H;3*1,3-4H2,2H3;. The molecule has 1 aromatic heterocycles. The van der Waals surface area contributed by atoms with Gasteiger partial charge in [-0.15, -0.1) is 0 Å². The average molecular weight is 449 g/mol. The summed E-state index contributed by atoms with van der Waals surface area (Å²) in [5.41, 5.74) is 0.208. The average Bonchev–Trinajstić information content (AvgIpc) is 3.08. The molecule has 1 rings (SSSR count). The fraction of sp³-hybridized carbons (Fsp3) is 0.600. The van der Waals surface area contributed by atoms with Crippen LogP contribution in [0.5, 0.6) is 0 Å². The number of rotatable bonds is 11. The van der Waals surface area contributed by atoms with Gasteiger partial charge in [0.15, 0.2) is 0 Å². The summed E-state index contributed by atoms with van der Waals surface area (Å²) in [6.45, 7) is 6.89. The number of nitrogens with zero attached hydrogens (tertiary/aromatic N) is 2. The molecule has 0 spiro atoms. The van der Waals surface area contributed by atoms with Gasteiger partial charge in [-0.05, 0) is 0 Å². The number of nitriles is 2. The van der Waals surface area contributed by atoms with Crippen LogP contribution in [0.1, 0.15) is 64.2 Å². The fourth-order valence-electron chi connectivity index (χ4n) is 3.24. The van der Waals surface area contributed by atoms with Crippen LogP contribution in [0.3, 0.4) is 0 Å². The minimum atomic E-state index is -2.35. The summed E-state index contributed by atoms with van der Waals surface area (Å²) in [5, 5.41) is 18.0. The molecule has 0 aromatic carbocycles. The van der Waals surface area contributed by atoms with Crippen LogP contribution in [0.4, 0.5) is 0 Å². The molecular formula is C20H30N2SSn. The van der Waals surface area contributed by atoms with Gasteiger partial charge in [0.25, 0.3) is 0 Å². The molecule has 0 atom stereocenters. The Balaban J connectivity index is 3.17. The van der Waals surface area contributed by atoms with Gasteiger partial charge in [-0.2, -0.15) is 0 Å². The van der Waals surface area contributed by atoms with Crippen LogP contribution in [0.15, 0.2) is 17.7 Å². The van der Waals surface area contributed by atoms with E-state index in [0.717, 1.165) is 4.88 Å². The maximum atomic E-state index is 8.98. The molecule has 0 aliphatic heterocycles. The van der Waals surface area contributed by atoms with E-state index in [9.17, 15) is 0 Å². The second kappa shape index (κ2) is 11.7. The number of allylic oxidation sites excluding steroid dienone is 1. The van der Waals surface area contributed by atoms with Crippen molar-refractivity contribution in [1.82, 2.24) is 0 Å². The van der Waals surface area contributed by atoms with Crippen LogP contribution in [0.25, 0.3) is 6.08 Å². The zero-order valence-corrected chi connectivity index (χ0v) is 19.1. The molecule has 0 saturated carbocycles. The molecule has 0 unspecified atom stereocenters. The molecule has 0 radical (unpaired) electrons. The Morgan fingerprint density at radius 2 is 1.46 bits per heavy atom. The van der Waals surface area contributed by atoms with Crippen molar-refractivity contribution < 1.29 is 0 Å².